The van der Waals surface area contributed by atoms with Gasteiger partial charge < -0.3 is 9.15 Å². The lowest BCUT2D eigenvalue weighted by molar-refractivity contribution is 0.251. The summed E-state index contributed by atoms with van der Waals surface area (Å²) < 4.78 is 23.7. The molecule has 0 N–H and O–H groups in total. The number of benzene rings is 1. The molecule has 0 aliphatic rings. The van der Waals surface area contributed by atoms with Crippen LogP contribution in [-0.2, 0) is 12.0 Å². The highest BCUT2D eigenvalue weighted by atomic mass is 35.5. The van der Waals surface area contributed by atoms with Gasteiger partial charge in [0.25, 0.3) is 5.89 Å². The first-order chi connectivity index (χ1) is 8.86. The van der Waals surface area contributed by atoms with Gasteiger partial charge in [-0.3, -0.25) is 0 Å². The lowest BCUT2D eigenvalue weighted by Gasteiger charge is -2.11. The third-order valence-corrected chi connectivity index (χ3v) is 2.65. The fraction of sp³-hybridized carbons (Fsp3) is 0.385. The Morgan fingerprint density at radius 1 is 1.32 bits per heavy atom. The molecule has 0 radical (unpaired) electrons. The van der Waals surface area contributed by atoms with E-state index in [2.05, 4.69) is 10.2 Å². The molecule has 0 atom stereocenters. The van der Waals surface area contributed by atoms with Crippen molar-refractivity contribution < 1.29 is 13.5 Å². The maximum Gasteiger partial charge on any atom is 0.253 e. The molecular weight excluding hydrogens is 271 g/mol. The van der Waals surface area contributed by atoms with E-state index >= 15 is 0 Å². The second-order valence-electron chi connectivity index (χ2n) is 5.11. The van der Waals surface area contributed by atoms with E-state index < -0.39 is 5.82 Å². The van der Waals surface area contributed by atoms with Crippen LogP contribution in [0.15, 0.2) is 22.6 Å². The molecule has 2 rings (SSSR count). The number of aromatic nitrogens is 2. The minimum absolute atomic E-state index is 0.0917. The summed E-state index contributed by atoms with van der Waals surface area (Å²) in [5, 5.41) is 8.04. The minimum atomic E-state index is -0.412. The molecule has 1 aromatic carbocycles. The molecular formula is C13H14ClFN2O2. The van der Waals surface area contributed by atoms with Gasteiger partial charge in [-0.05, 0) is 18.2 Å². The molecule has 0 fully saturated rings. The summed E-state index contributed by atoms with van der Waals surface area (Å²) in [4.78, 5) is 0. The molecule has 0 saturated heterocycles. The van der Waals surface area contributed by atoms with Crippen LogP contribution in [0.1, 0.15) is 32.6 Å². The van der Waals surface area contributed by atoms with Gasteiger partial charge in [-0.15, -0.1) is 10.2 Å². The Hall–Kier alpha value is -1.62. The fourth-order valence-electron chi connectivity index (χ4n) is 1.35. The molecule has 0 bridgehead atoms. The Balaban J connectivity index is 2.04. The zero-order valence-electron chi connectivity index (χ0n) is 10.9. The van der Waals surface area contributed by atoms with Crippen molar-refractivity contribution in [1.82, 2.24) is 10.2 Å². The van der Waals surface area contributed by atoms with E-state index in [1.807, 2.05) is 20.8 Å². The number of halogens is 2. The van der Waals surface area contributed by atoms with Crippen LogP contribution in [0.2, 0.25) is 5.02 Å². The van der Waals surface area contributed by atoms with E-state index in [0.29, 0.717) is 17.5 Å². The maximum atomic E-state index is 12.9. The fourth-order valence-corrected chi connectivity index (χ4v) is 1.57. The first-order valence-corrected chi connectivity index (χ1v) is 6.15. The van der Waals surface area contributed by atoms with Crippen molar-refractivity contribution >= 4 is 11.6 Å². The quantitative estimate of drug-likeness (QED) is 0.861. The summed E-state index contributed by atoms with van der Waals surface area (Å²) in [6.07, 6.45) is 0. The van der Waals surface area contributed by atoms with Crippen molar-refractivity contribution in [2.75, 3.05) is 0 Å². The summed E-state index contributed by atoms with van der Waals surface area (Å²) in [5.41, 5.74) is -0.210. The third-order valence-electron chi connectivity index (χ3n) is 2.35. The van der Waals surface area contributed by atoms with Gasteiger partial charge >= 0.3 is 0 Å². The van der Waals surface area contributed by atoms with Crippen molar-refractivity contribution in [3.63, 3.8) is 0 Å². The van der Waals surface area contributed by atoms with Crippen molar-refractivity contribution in [3.8, 4) is 5.75 Å². The van der Waals surface area contributed by atoms with Gasteiger partial charge in [0.2, 0.25) is 5.89 Å². The smallest absolute Gasteiger partial charge is 0.253 e. The zero-order valence-corrected chi connectivity index (χ0v) is 11.7. The third kappa shape index (κ3) is 3.44. The van der Waals surface area contributed by atoms with Crippen LogP contribution in [-0.4, -0.2) is 10.2 Å². The van der Waals surface area contributed by atoms with Gasteiger partial charge in [0.15, 0.2) is 6.61 Å². The molecule has 0 aliphatic heterocycles. The number of ether oxygens (including phenoxy) is 1. The van der Waals surface area contributed by atoms with E-state index in [1.165, 1.54) is 18.2 Å². The lowest BCUT2D eigenvalue weighted by atomic mass is 9.97. The molecule has 0 spiro atoms. The topological polar surface area (TPSA) is 48.2 Å². The summed E-state index contributed by atoms with van der Waals surface area (Å²) in [6.45, 7) is 6.01. The Kier molecular flexibility index (Phi) is 3.75. The predicted octanol–water partition coefficient (Wildman–Crippen LogP) is 3.74. The van der Waals surface area contributed by atoms with E-state index in [-0.39, 0.29) is 17.0 Å². The first-order valence-electron chi connectivity index (χ1n) is 5.77. The van der Waals surface area contributed by atoms with Crippen molar-refractivity contribution in [3.05, 3.63) is 40.8 Å². The molecule has 19 heavy (non-hydrogen) atoms. The monoisotopic (exact) mass is 284 g/mol. The second-order valence-corrected chi connectivity index (χ2v) is 5.52. The summed E-state index contributed by atoms with van der Waals surface area (Å²) in [5.74, 6) is 0.852. The SMILES string of the molecule is CC(C)(C)c1nnc(COc2ccc(F)cc2Cl)o1. The van der Waals surface area contributed by atoms with Crippen LogP contribution in [0, 0.1) is 5.82 Å². The largest absolute Gasteiger partial charge is 0.482 e. The molecule has 102 valence electrons. The lowest BCUT2D eigenvalue weighted by Crippen LogP contribution is -2.11. The molecule has 4 nitrogen and oxygen atoms in total. The molecule has 0 saturated carbocycles. The molecule has 1 aromatic heterocycles. The van der Waals surface area contributed by atoms with E-state index in [1.54, 1.807) is 0 Å². The normalized spacial score (nSPS) is 11.6. The summed E-state index contributed by atoms with van der Waals surface area (Å²) >= 11 is 5.84. The average molecular weight is 285 g/mol. The second kappa shape index (κ2) is 5.17. The van der Waals surface area contributed by atoms with Crippen LogP contribution < -0.4 is 4.74 Å². The van der Waals surface area contributed by atoms with E-state index in [0.717, 1.165) is 0 Å². The average Bonchev–Trinajstić information content (AvgIpc) is 2.76. The summed E-state index contributed by atoms with van der Waals surface area (Å²) in [7, 11) is 0. The molecule has 6 heteroatoms. The molecule has 0 aliphatic carbocycles. The Labute approximate surface area is 115 Å². The van der Waals surface area contributed by atoms with Gasteiger partial charge in [0.1, 0.15) is 11.6 Å². The molecule has 1 heterocycles. The van der Waals surface area contributed by atoms with E-state index in [9.17, 15) is 4.39 Å². The highest BCUT2D eigenvalue weighted by Gasteiger charge is 2.21. The van der Waals surface area contributed by atoms with Crippen molar-refractivity contribution in [2.45, 2.75) is 32.8 Å². The minimum Gasteiger partial charge on any atom is -0.482 e. The maximum absolute atomic E-state index is 12.9. The molecule has 2 aromatic rings. The Bertz CT molecular complexity index is 578. The molecule has 0 unspecified atom stereocenters. The van der Waals surface area contributed by atoms with Crippen molar-refractivity contribution in [1.29, 1.82) is 0 Å². The van der Waals surface area contributed by atoms with E-state index in [4.69, 9.17) is 20.8 Å². The number of hydrogen-bond donors (Lipinski definition) is 0. The molecule has 0 amide bonds. The van der Waals surface area contributed by atoms with Crippen LogP contribution >= 0.6 is 11.6 Å². The van der Waals surface area contributed by atoms with Crippen LogP contribution in [0.25, 0.3) is 0 Å². The van der Waals surface area contributed by atoms with Crippen LogP contribution in [0.3, 0.4) is 0 Å². The Morgan fingerprint density at radius 2 is 2.05 bits per heavy atom. The van der Waals surface area contributed by atoms with Gasteiger partial charge in [0, 0.05) is 5.41 Å². The number of hydrogen-bond acceptors (Lipinski definition) is 4. The highest BCUT2D eigenvalue weighted by molar-refractivity contribution is 6.32. The standard InChI is InChI=1S/C13H14ClFN2O2/c1-13(2,3)12-17-16-11(19-12)7-18-10-5-4-8(15)6-9(10)14/h4-6H,7H2,1-3H3. The highest BCUT2D eigenvalue weighted by Crippen LogP contribution is 2.26. The van der Waals surface area contributed by atoms with Gasteiger partial charge in [0.05, 0.1) is 5.02 Å². The first kappa shape index (κ1) is 13.8. The van der Waals surface area contributed by atoms with Crippen LogP contribution in [0.4, 0.5) is 4.39 Å². The van der Waals surface area contributed by atoms with Crippen molar-refractivity contribution in [2.24, 2.45) is 0 Å². The predicted molar refractivity (Wildman–Crippen MR) is 68.7 cm³/mol. The van der Waals surface area contributed by atoms with Gasteiger partial charge in [-0.1, -0.05) is 32.4 Å². The van der Waals surface area contributed by atoms with Crippen LogP contribution in [0.5, 0.6) is 5.75 Å². The summed E-state index contributed by atoms with van der Waals surface area (Å²) in [6, 6.07) is 3.92. The Morgan fingerprint density at radius 3 is 2.63 bits per heavy atom. The number of nitrogens with zero attached hydrogens (tertiary/aromatic N) is 2. The zero-order chi connectivity index (χ0) is 14.0. The van der Waals surface area contributed by atoms with Gasteiger partial charge in [-0.2, -0.15) is 0 Å². The number of rotatable bonds is 3. The van der Waals surface area contributed by atoms with Gasteiger partial charge in [-0.25, -0.2) is 4.39 Å².